The highest BCUT2D eigenvalue weighted by Crippen LogP contribution is 2.30. The van der Waals surface area contributed by atoms with Gasteiger partial charge >= 0.3 is 0 Å². The molecule has 1 aromatic heterocycles. The van der Waals surface area contributed by atoms with Gasteiger partial charge in [0.1, 0.15) is 10.6 Å². The summed E-state index contributed by atoms with van der Waals surface area (Å²) in [7, 11) is 1.60. The molecule has 2 N–H and O–H groups in total. The lowest BCUT2D eigenvalue weighted by atomic mass is 9.91. The highest BCUT2D eigenvalue weighted by atomic mass is 32.1. The smallest absolute Gasteiger partial charge is 0.258 e. The van der Waals surface area contributed by atoms with Crippen molar-refractivity contribution in [3.8, 4) is 0 Å². The fourth-order valence-electron chi connectivity index (χ4n) is 2.65. The summed E-state index contributed by atoms with van der Waals surface area (Å²) in [6.45, 7) is 5.86. The average molecular weight is 312 g/mol. The summed E-state index contributed by atoms with van der Waals surface area (Å²) in [5.74, 6) is 0.308. The maximum absolute atomic E-state index is 12.5. The van der Waals surface area contributed by atoms with Crippen LogP contribution in [-0.4, -0.2) is 41.9 Å². The Labute approximate surface area is 129 Å². The van der Waals surface area contributed by atoms with Gasteiger partial charge in [0.25, 0.3) is 5.91 Å². The first-order valence-electron chi connectivity index (χ1n) is 7.56. The van der Waals surface area contributed by atoms with Gasteiger partial charge in [0.15, 0.2) is 0 Å². The third-order valence-corrected chi connectivity index (χ3v) is 5.21. The molecule has 6 nitrogen and oxygen atoms in total. The number of anilines is 1. The Morgan fingerprint density at radius 2 is 2.05 bits per heavy atom. The van der Waals surface area contributed by atoms with Crippen molar-refractivity contribution in [3.05, 3.63) is 5.01 Å². The van der Waals surface area contributed by atoms with Gasteiger partial charge < -0.3 is 10.1 Å². The molecule has 1 aliphatic heterocycles. The van der Waals surface area contributed by atoms with Crippen LogP contribution in [-0.2, 0) is 9.53 Å². The summed E-state index contributed by atoms with van der Waals surface area (Å²) in [6.07, 6.45) is 3.42. The number of hydrogen-bond acceptors (Lipinski definition) is 6. The zero-order valence-electron chi connectivity index (χ0n) is 12.9. The zero-order chi connectivity index (χ0) is 15.3. The third kappa shape index (κ3) is 3.59. The predicted octanol–water partition coefficient (Wildman–Crippen LogP) is 2.15. The van der Waals surface area contributed by atoms with Crippen molar-refractivity contribution in [1.82, 2.24) is 15.5 Å². The molecule has 2 rings (SSSR count). The number of ether oxygens (including phenoxy) is 1. The van der Waals surface area contributed by atoms with Gasteiger partial charge in [0.05, 0.1) is 0 Å². The summed E-state index contributed by atoms with van der Waals surface area (Å²) in [4.78, 5) is 12.5. The number of aromatic nitrogens is 2. The Morgan fingerprint density at radius 1 is 1.38 bits per heavy atom. The molecule has 1 aliphatic rings. The Balaban J connectivity index is 2.05. The largest absolute Gasteiger partial charge is 0.368 e. The van der Waals surface area contributed by atoms with E-state index in [0.717, 1.165) is 30.9 Å². The van der Waals surface area contributed by atoms with Crippen LogP contribution in [0.1, 0.15) is 50.5 Å². The molecule has 7 heteroatoms. The predicted molar refractivity (Wildman–Crippen MR) is 83.7 cm³/mol. The molecule has 21 heavy (non-hydrogen) atoms. The van der Waals surface area contributed by atoms with Crippen LogP contribution in [0.3, 0.4) is 0 Å². The van der Waals surface area contributed by atoms with Gasteiger partial charge in [-0.1, -0.05) is 25.2 Å². The van der Waals surface area contributed by atoms with Crippen LogP contribution < -0.4 is 10.6 Å². The molecule has 0 saturated carbocycles. The minimum absolute atomic E-state index is 0.112. The number of nitrogens with zero attached hydrogens (tertiary/aromatic N) is 2. The second-order valence-electron chi connectivity index (χ2n) is 5.36. The van der Waals surface area contributed by atoms with Crippen molar-refractivity contribution < 1.29 is 9.53 Å². The quantitative estimate of drug-likeness (QED) is 0.842. The Bertz CT molecular complexity index is 467. The lowest BCUT2D eigenvalue weighted by molar-refractivity contribution is -0.140. The average Bonchev–Trinajstić information content (AvgIpc) is 2.97. The van der Waals surface area contributed by atoms with E-state index >= 15 is 0 Å². The summed E-state index contributed by atoms with van der Waals surface area (Å²) in [6, 6.07) is 0. The summed E-state index contributed by atoms with van der Waals surface area (Å²) < 4.78 is 5.51. The fraction of sp³-hybridized carbons (Fsp3) is 0.786. The van der Waals surface area contributed by atoms with Crippen LogP contribution in [0.5, 0.6) is 0 Å². The van der Waals surface area contributed by atoms with Crippen molar-refractivity contribution in [2.75, 3.05) is 25.5 Å². The Kier molecular flexibility index (Phi) is 5.66. The molecule has 2 heterocycles. The first kappa shape index (κ1) is 16.3. The van der Waals surface area contributed by atoms with Crippen LogP contribution in [0.15, 0.2) is 0 Å². The number of rotatable bonds is 6. The van der Waals surface area contributed by atoms with Gasteiger partial charge in [-0.2, -0.15) is 0 Å². The molecular formula is C14H24N4O2S. The number of carbonyl (C=O) groups is 1. The van der Waals surface area contributed by atoms with Crippen LogP contribution >= 0.6 is 11.3 Å². The minimum Gasteiger partial charge on any atom is -0.368 e. The van der Waals surface area contributed by atoms with Crippen LogP contribution in [0.4, 0.5) is 5.13 Å². The first-order chi connectivity index (χ1) is 10.1. The molecule has 0 radical (unpaired) electrons. The first-order valence-corrected chi connectivity index (χ1v) is 8.37. The molecule has 1 fully saturated rings. The maximum atomic E-state index is 12.5. The molecular weight excluding hydrogens is 288 g/mol. The molecule has 1 aromatic rings. The van der Waals surface area contributed by atoms with E-state index in [0.29, 0.717) is 23.9 Å². The zero-order valence-corrected chi connectivity index (χ0v) is 13.8. The lowest BCUT2D eigenvalue weighted by Gasteiger charge is -2.34. The van der Waals surface area contributed by atoms with Gasteiger partial charge in [0, 0.05) is 13.0 Å². The lowest BCUT2D eigenvalue weighted by Crippen LogP contribution is -2.51. The minimum atomic E-state index is -0.744. The topological polar surface area (TPSA) is 76.1 Å². The number of methoxy groups -OCH3 is 1. The maximum Gasteiger partial charge on any atom is 0.258 e. The van der Waals surface area contributed by atoms with Crippen molar-refractivity contribution in [1.29, 1.82) is 0 Å². The van der Waals surface area contributed by atoms with Gasteiger partial charge in [-0.25, -0.2) is 0 Å². The molecule has 1 saturated heterocycles. The van der Waals surface area contributed by atoms with Crippen molar-refractivity contribution >= 4 is 22.4 Å². The highest BCUT2D eigenvalue weighted by molar-refractivity contribution is 7.15. The second kappa shape index (κ2) is 7.29. The van der Waals surface area contributed by atoms with E-state index in [2.05, 4.69) is 34.7 Å². The monoisotopic (exact) mass is 312 g/mol. The second-order valence-corrected chi connectivity index (χ2v) is 6.37. The van der Waals surface area contributed by atoms with Crippen LogP contribution in [0.25, 0.3) is 0 Å². The van der Waals surface area contributed by atoms with E-state index in [-0.39, 0.29) is 5.91 Å². The Morgan fingerprint density at radius 3 is 2.62 bits per heavy atom. The summed E-state index contributed by atoms with van der Waals surface area (Å²) in [5, 5.41) is 16.0. The molecule has 0 aromatic carbocycles. The van der Waals surface area contributed by atoms with Gasteiger partial charge in [-0.05, 0) is 38.8 Å². The van der Waals surface area contributed by atoms with E-state index < -0.39 is 5.60 Å². The van der Waals surface area contributed by atoms with E-state index in [1.54, 1.807) is 7.11 Å². The number of carbonyl (C=O) groups excluding carboxylic acids is 1. The van der Waals surface area contributed by atoms with Crippen LogP contribution in [0.2, 0.25) is 0 Å². The van der Waals surface area contributed by atoms with Crippen LogP contribution in [0, 0.1) is 0 Å². The van der Waals surface area contributed by atoms with Gasteiger partial charge in [0.2, 0.25) is 5.13 Å². The number of amides is 1. The van der Waals surface area contributed by atoms with E-state index in [4.69, 9.17) is 4.74 Å². The standard InChI is InChI=1S/C14H24N4O2S/c1-4-10(5-2)11-17-18-13(21-11)16-12(19)14(20-3)6-8-15-9-7-14/h10,15H,4-9H2,1-3H3,(H,16,18,19). The third-order valence-electron chi connectivity index (χ3n) is 4.21. The summed E-state index contributed by atoms with van der Waals surface area (Å²) >= 11 is 1.47. The molecule has 0 bridgehead atoms. The van der Waals surface area contributed by atoms with Crippen molar-refractivity contribution in [2.24, 2.45) is 0 Å². The SMILES string of the molecule is CCC(CC)c1nnc(NC(=O)C2(OC)CCNCC2)s1. The number of hydrogen-bond donors (Lipinski definition) is 2. The Hall–Kier alpha value is -1.05. The van der Waals surface area contributed by atoms with E-state index in [1.807, 2.05) is 0 Å². The number of nitrogens with one attached hydrogen (secondary N) is 2. The molecule has 0 atom stereocenters. The van der Waals surface area contributed by atoms with Gasteiger partial charge in [-0.15, -0.1) is 10.2 Å². The summed E-state index contributed by atoms with van der Waals surface area (Å²) in [5.41, 5.74) is -0.744. The normalized spacial score (nSPS) is 17.9. The fourth-order valence-corrected chi connectivity index (χ4v) is 3.66. The highest BCUT2D eigenvalue weighted by Gasteiger charge is 2.40. The van der Waals surface area contributed by atoms with Gasteiger partial charge in [-0.3, -0.25) is 10.1 Å². The molecule has 0 unspecified atom stereocenters. The molecule has 0 spiro atoms. The molecule has 0 aliphatic carbocycles. The van der Waals surface area contributed by atoms with Crippen molar-refractivity contribution in [2.45, 2.75) is 51.0 Å². The molecule has 118 valence electrons. The number of piperidine rings is 1. The molecule has 1 amide bonds. The van der Waals surface area contributed by atoms with E-state index in [1.165, 1.54) is 11.3 Å². The van der Waals surface area contributed by atoms with E-state index in [9.17, 15) is 4.79 Å². The van der Waals surface area contributed by atoms with Crippen molar-refractivity contribution in [3.63, 3.8) is 0 Å².